The average Bonchev–Trinajstić information content (AvgIpc) is 2.90. The highest BCUT2D eigenvalue weighted by Crippen LogP contribution is 2.19. The summed E-state index contributed by atoms with van der Waals surface area (Å²) in [6.07, 6.45) is 3.56. The zero-order chi connectivity index (χ0) is 26.1. The fourth-order valence-electron chi connectivity index (χ4n) is 3.89. The summed E-state index contributed by atoms with van der Waals surface area (Å²) in [6.45, 7) is 14.1. The molecule has 0 atom stereocenters. The third-order valence-electron chi connectivity index (χ3n) is 6.30. The number of carbonyl (C=O) groups excluding carboxylic acids is 1. The fraction of sp³-hybridized carbons (Fsp3) is 0.300. The number of amidine groups is 1. The summed E-state index contributed by atoms with van der Waals surface area (Å²) in [5.41, 5.74) is 4.56. The number of nitrogens with zero attached hydrogens (tertiary/aromatic N) is 4. The van der Waals surface area contributed by atoms with Crippen molar-refractivity contribution in [2.45, 2.75) is 34.1 Å². The Morgan fingerprint density at radius 2 is 1.61 bits per heavy atom. The first kappa shape index (κ1) is 26.8. The maximum atomic E-state index is 14.0. The lowest BCUT2D eigenvalue weighted by Gasteiger charge is -2.36. The van der Waals surface area contributed by atoms with Gasteiger partial charge in [0.05, 0.1) is 11.9 Å². The molecule has 0 spiro atoms. The van der Waals surface area contributed by atoms with E-state index in [1.54, 1.807) is 0 Å². The first-order valence-corrected chi connectivity index (χ1v) is 12.3. The van der Waals surface area contributed by atoms with Crippen LogP contribution in [0.5, 0.6) is 0 Å². The van der Waals surface area contributed by atoms with Crippen molar-refractivity contribution in [1.29, 1.82) is 0 Å². The molecule has 188 valence electrons. The molecule has 36 heavy (non-hydrogen) atoms. The van der Waals surface area contributed by atoms with Gasteiger partial charge < -0.3 is 9.80 Å². The van der Waals surface area contributed by atoms with Crippen LogP contribution in [0.2, 0.25) is 0 Å². The number of aryl methyl sites for hydroxylation is 1. The van der Waals surface area contributed by atoms with Crippen LogP contribution in [-0.4, -0.2) is 53.4 Å². The van der Waals surface area contributed by atoms with Crippen molar-refractivity contribution in [2.24, 2.45) is 9.98 Å². The number of hydrogen-bond donors (Lipinski definition) is 0. The first-order chi connectivity index (χ1) is 17.3. The third kappa shape index (κ3) is 7.11. The molecular weight excluding hydrogens is 451 g/mol. The Morgan fingerprint density at radius 1 is 1.00 bits per heavy atom. The number of amides is 1. The molecule has 6 heteroatoms. The standard InChI is InChI=1S/C30H35FN4O/c1-6-22(2)20-27(31)21-32-25(5)34-16-18-35(19-17-34)30(36)29(28-15-11-10-12-23(28)3)33-24(4)26-13-8-7-9-14-26/h7-15,20-21H,4,6,16-19H2,1-3,5H3/b22-20+,27-21+,32-25?,33-29?. The molecule has 3 rings (SSSR count). The largest absolute Gasteiger partial charge is 0.357 e. The van der Waals surface area contributed by atoms with Crippen LogP contribution in [0.4, 0.5) is 4.39 Å². The lowest BCUT2D eigenvalue weighted by atomic mass is 10.0. The molecule has 1 heterocycles. The van der Waals surface area contributed by atoms with Gasteiger partial charge in [-0.25, -0.2) is 14.4 Å². The number of aliphatic imine (C=N–C) groups is 2. The molecule has 2 aromatic carbocycles. The summed E-state index contributed by atoms with van der Waals surface area (Å²) in [7, 11) is 0. The molecule has 0 bridgehead atoms. The summed E-state index contributed by atoms with van der Waals surface area (Å²) in [5, 5.41) is 0. The van der Waals surface area contributed by atoms with E-state index in [1.165, 1.54) is 12.3 Å². The summed E-state index contributed by atoms with van der Waals surface area (Å²) in [6, 6.07) is 17.4. The third-order valence-corrected chi connectivity index (χ3v) is 6.30. The van der Waals surface area contributed by atoms with Gasteiger partial charge in [-0.1, -0.05) is 73.7 Å². The molecule has 1 fully saturated rings. The summed E-state index contributed by atoms with van der Waals surface area (Å²) in [4.78, 5) is 26.6. The summed E-state index contributed by atoms with van der Waals surface area (Å²) >= 11 is 0. The highest BCUT2D eigenvalue weighted by atomic mass is 19.1. The summed E-state index contributed by atoms with van der Waals surface area (Å²) in [5.74, 6) is 0.243. The van der Waals surface area contributed by atoms with Crippen LogP contribution in [0.15, 0.2) is 94.8 Å². The van der Waals surface area contributed by atoms with Crippen LogP contribution in [0.3, 0.4) is 0 Å². The Hall–Kier alpha value is -3.80. The molecule has 2 aromatic rings. The maximum Gasteiger partial charge on any atom is 0.273 e. The number of halogens is 1. The molecule has 1 amide bonds. The number of allylic oxidation sites excluding steroid dienone is 3. The molecule has 0 saturated carbocycles. The zero-order valence-electron chi connectivity index (χ0n) is 21.7. The second kappa shape index (κ2) is 12.8. The quantitative estimate of drug-likeness (QED) is 0.266. The Labute approximate surface area is 214 Å². The van der Waals surface area contributed by atoms with E-state index in [9.17, 15) is 9.18 Å². The summed E-state index contributed by atoms with van der Waals surface area (Å²) < 4.78 is 14.0. The molecule has 0 radical (unpaired) electrons. The number of rotatable bonds is 7. The van der Waals surface area contributed by atoms with E-state index in [0.717, 1.165) is 34.5 Å². The second-order valence-electron chi connectivity index (χ2n) is 8.90. The van der Waals surface area contributed by atoms with Gasteiger partial charge >= 0.3 is 0 Å². The van der Waals surface area contributed by atoms with Gasteiger partial charge in [0.15, 0.2) is 0 Å². The van der Waals surface area contributed by atoms with Crippen molar-refractivity contribution in [2.75, 3.05) is 26.2 Å². The van der Waals surface area contributed by atoms with E-state index in [2.05, 4.69) is 16.5 Å². The molecule has 0 aromatic heterocycles. The molecule has 1 aliphatic heterocycles. The van der Waals surface area contributed by atoms with Crippen LogP contribution >= 0.6 is 0 Å². The Bertz CT molecular complexity index is 1200. The number of carbonyl (C=O) groups is 1. The minimum absolute atomic E-state index is 0.123. The van der Waals surface area contributed by atoms with Gasteiger partial charge in [-0.2, -0.15) is 0 Å². The predicted molar refractivity (Wildman–Crippen MR) is 148 cm³/mol. The fourth-order valence-corrected chi connectivity index (χ4v) is 3.89. The smallest absolute Gasteiger partial charge is 0.273 e. The SMILES string of the molecule is C=C(N=C(C(=O)N1CCN(C(C)=N/C=C(F)\C=C(/C)CC)CC1)c1ccccc1C)c1ccccc1. The molecule has 1 aliphatic rings. The predicted octanol–water partition coefficient (Wildman–Crippen LogP) is 6.18. The number of benzene rings is 2. The van der Waals surface area contributed by atoms with Crippen LogP contribution in [-0.2, 0) is 4.79 Å². The van der Waals surface area contributed by atoms with Gasteiger partial charge in [-0.3, -0.25) is 4.79 Å². The van der Waals surface area contributed by atoms with Crippen LogP contribution < -0.4 is 0 Å². The van der Waals surface area contributed by atoms with Gasteiger partial charge in [-0.15, -0.1) is 0 Å². The minimum atomic E-state index is -0.361. The van der Waals surface area contributed by atoms with Crippen molar-refractivity contribution in [3.8, 4) is 0 Å². The van der Waals surface area contributed by atoms with E-state index >= 15 is 0 Å². The van der Waals surface area contributed by atoms with Gasteiger partial charge in [-0.05, 0) is 44.4 Å². The van der Waals surface area contributed by atoms with Crippen molar-refractivity contribution < 1.29 is 9.18 Å². The molecule has 1 saturated heterocycles. The van der Waals surface area contributed by atoms with E-state index in [4.69, 9.17) is 4.99 Å². The van der Waals surface area contributed by atoms with Crippen LogP contribution in [0.25, 0.3) is 5.70 Å². The van der Waals surface area contributed by atoms with Crippen molar-refractivity contribution in [3.63, 3.8) is 0 Å². The molecule has 0 N–H and O–H groups in total. The first-order valence-electron chi connectivity index (χ1n) is 12.3. The van der Waals surface area contributed by atoms with E-state index < -0.39 is 0 Å². The lowest BCUT2D eigenvalue weighted by Crippen LogP contribution is -2.51. The highest BCUT2D eigenvalue weighted by Gasteiger charge is 2.27. The van der Waals surface area contributed by atoms with E-state index in [1.807, 2.05) is 87.2 Å². The van der Waals surface area contributed by atoms with Gasteiger partial charge in [0, 0.05) is 31.7 Å². The van der Waals surface area contributed by atoms with Crippen molar-refractivity contribution >= 4 is 23.2 Å². The maximum absolute atomic E-state index is 14.0. The van der Waals surface area contributed by atoms with Crippen molar-refractivity contribution in [3.05, 3.63) is 102 Å². The average molecular weight is 487 g/mol. The minimum Gasteiger partial charge on any atom is -0.357 e. The number of piperazine rings is 1. The van der Waals surface area contributed by atoms with E-state index in [0.29, 0.717) is 37.6 Å². The molecular formula is C30H35FN4O. The Kier molecular flexibility index (Phi) is 9.51. The molecule has 0 aliphatic carbocycles. The topological polar surface area (TPSA) is 48.3 Å². The Balaban J connectivity index is 1.77. The van der Waals surface area contributed by atoms with Crippen LogP contribution in [0, 0.1) is 6.92 Å². The zero-order valence-corrected chi connectivity index (χ0v) is 21.7. The van der Waals surface area contributed by atoms with Gasteiger partial charge in [0.2, 0.25) is 0 Å². The van der Waals surface area contributed by atoms with Gasteiger partial charge in [0.25, 0.3) is 5.91 Å². The monoisotopic (exact) mass is 486 g/mol. The Morgan fingerprint density at radius 3 is 2.25 bits per heavy atom. The highest BCUT2D eigenvalue weighted by molar-refractivity contribution is 6.46. The molecule has 5 nitrogen and oxygen atoms in total. The second-order valence-corrected chi connectivity index (χ2v) is 8.90. The lowest BCUT2D eigenvalue weighted by molar-refractivity contribution is -0.125. The number of hydrogen-bond acceptors (Lipinski definition) is 3. The normalized spacial score (nSPS) is 15.8. The van der Waals surface area contributed by atoms with Crippen molar-refractivity contribution in [1.82, 2.24) is 9.80 Å². The van der Waals surface area contributed by atoms with Crippen LogP contribution in [0.1, 0.15) is 43.9 Å². The van der Waals surface area contributed by atoms with E-state index in [-0.39, 0.29) is 11.7 Å². The van der Waals surface area contributed by atoms with Gasteiger partial charge in [0.1, 0.15) is 17.4 Å². The molecule has 0 unspecified atom stereocenters.